The molecule has 0 aliphatic carbocycles. The number of benzene rings is 1. The van der Waals surface area contributed by atoms with Gasteiger partial charge in [-0.15, -0.1) is 0 Å². The molecule has 0 saturated heterocycles. The molecule has 6 heteroatoms. The van der Waals surface area contributed by atoms with Gasteiger partial charge in [-0.1, -0.05) is 15.9 Å². The van der Waals surface area contributed by atoms with E-state index in [9.17, 15) is 13.6 Å². The smallest absolute Gasteiger partial charge is 0.380 e. The van der Waals surface area contributed by atoms with Gasteiger partial charge in [0.05, 0.1) is 7.11 Å². The normalized spacial score (nSPS) is 11.3. The number of ether oxygens (including phenoxy) is 1. The van der Waals surface area contributed by atoms with Crippen LogP contribution in [-0.4, -0.2) is 18.3 Å². The van der Waals surface area contributed by atoms with E-state index in [1.807, 2.05) is 0 Å². The van der Waals surface area contributed by atoms with Crippen LogP contribution in [0.5, 0.6) is 5.75 Å². The Morgan fingerprint density at radius 3 is 2.69 bits per heavy atom. The fourth-order valence-electron chi connectivity index (χ4n) is 1.09. The maximum absolute atomic E-state index is 12.5. The lowest BCUT2D eigenvalue weighted by atomic mass is 10.1. The fraction of sp³-hybridized carbons (Fsp3) is 0.300. The first kappa shape index (κ1) is 13.4. The molecule has 1 rings (SSSR count). The zero-order valence-corrected chi connectivity index (χ0v) is 10.6. The third-order valence-corrected chi connectivity index (χ3v) is 2.90. The van der Waals surface area contributed by atoms with Gasteiger partial charge < -0.3 is 4.74 Å². The number of Topliss-reactive ketones (excluding diaryl/α,β-unsaturated/α-hetero) is 1. The van der Waals surface area contributed by atoms with Crippen molar-refractivity contribution >= 4 is 33.3 Å². The van der Waals surface area contributed by atoms with Crippen molar-refractivity contribution in [2.45, 2.75) is 11.8 Å². The van der Waals surface area contributed by atoms with E-state index in [1.54, 1.807) is 12.1 Å². The van der Waals surface area contributed by atoms with Crippen LogP contribution in [0.1, 0.15) is 5.56 Å². The quantitative estimate of drug-likeness (QED) is 0.796. The molecule has 0 radical (unpaired) electrons. The Bertz CT molecular complexity index is 404. The molecule has 0 N–H and O–H groups in total. The van der Waals surface area contributed by atoms with E-state index in [1.165, 1.54) is 13.2 Å². The van der Waals surface area contributed by atoms with E-state index in [-0.39, 0.29) is 0 Å². The van der Waals surface area contributed by atoms with Crippen LogP contribution in [0.2, 0.25) is 0 Å². The van der Waals surface area contributed by atoms with Gasteiger partial charge in [0.1, 0.15) is 5.75 Å². The summed E-state index contributed by atoms with van der Waals surface area (Å²) >= 11 is 7.79. The molecule has 0 fully saturated rings. The molecule has 0 aliphatic heterocycles. The third-order valence-electron chi connectivity index (χ3n) is 1.92. The maximum atomic E-state index is 12.5. The first-order chi connectivity index (χ1) is 7.34. The summed E-state index contributed by atoms with van der Waals surface area (Å²) in [5, 5.41) is -3.83. The lowest BCUT2D eigenvalue weighted by molar-refractivity contribution is -0.132. The van der Waals surface area contributed by atoms with E-state index in [0.717, 1.165) is 0 Å². The van der Waals surface area contributed by atoms with Crippen LogP contribution in [0.3, 0.4) is 0 Å². The zero-order chi connectivity index (χ0) is 12.3. The Kier molecular flexibility index (Phi) is 4.27. The van der Waals surface area contributed by atoms with Crippen LogP contribution in [0, 0.1) is 0 Å². The van der Waals surface area contributed by atoms with Gasteiger partial charge in [0.15, 0.2) is 0 Å². The van der Waals surface area contributed by atoms with Crippen molar-refractivity contribution in [2.75, 3.05) is 7.11 Å². The number of methoxy groups -OCH3 is 1. The molecule has 0 unspecified atom stereocenters. The minimum absolute atomic E-state index is 0.407. The van der Waals surface area contributed by atoms with E-state index in [2.05, 4.69) is 27.5 Å². The standard InChI is InChI=1S/C10H8BrClF2O2/c1-16-7-2-3-8(11)6(4-7)5-9(15)10(12,13)14/h2-4H,5H2,1H3. The Hall–Kier alpha value is -0.680. The number of carbonyl (C=O) groups excluding carboxylic acids is 1. The fourth-order valence-corrected chi connectivity index (χ4v) is 1.54. The second-order valence-electron chi connectivity index (χ2n) is 3.06. The average Bonchev–Trinajstić information content (AvgIpc) is 2.19. The first-order valence-corrected chi connectivity index (χ1v) is 5.44. The van der Waals surface area contributed by atoms with Crippen LogP contribution in [0.25, 0.3) is 0 Å². The number of hydrogen-bond acceptors (Lipinski definition) is 2. The summed E-state index contributed by atoms with van der Waals surface area (Å²) in [4.78, 5) is 11.0. The number of rotatable bonds is 4. The summed E-state index contributed by atoms with van der Waals surface area (Å²) in [5.74, 6) is -0.855. The number of ketones is 1. The van der Waals surface area contributed by atoms with Gasteiger partial charge in [0.2, 0.25) is 5.78 Å². The van der Waals surface area contributed by atoms with Crippen LogP contribution < -0.4 is 4.74 Å². The molecule has 2 nitrogen and oxygen atoms in total. The molecule has 0 saturated carbocycles. The summed E-state index contributed by atoms with van der Waals surface area (Å²) in [7, 11) is 1.45. The summed E-state index contributed by atoms with van der Waals surface area (Å²) in [6, 6.07) is 4.77. The average molecular weight is 314 g/mol. The second kappa shape index (κ2) is 5.10. The first-order valence-electron chi connectivity index (χ1n) is 4.27. The molecular weight excluding hydrogens is 305 g/mol. The van der Waals surface area contributed by atoms with Crippen LogP contribution >= 0.6 is 27.5 Å². The van der Waals surface area contributed by atoms with Gasteiger partial charge in [-0.2, -0.15) is 8.78 Å². The van der Waals surface area contributed by atoms with Gasteiger partial charge in [0.25, 0.3) is 0 Å². The van der Waals surface area contributed by atoms with Crippen molar-refractivity contribution in [3.05, 3.63) is 28.2 Å². The highest BCUT2D eigenvalue weighted by molar-refractivity contribution is 9.10. The summed E-state index contributed by atoms with van der Waals surface area (Å²) < 4.78 is 30.5. The molecule has 0 heterocycles. The minimum Gasteiger partial charge on any atom is -0.497 e. The summed E-state index contributed by atoms with van der Waals surface area (Å²) in [6.07, 6.45) is -0.450. The maximum Gasteiger partial charge on any atom is 0.380 e. The number of hydrogen-bond donors (Lipinski definition) is 0. The molecule has 1 aromatic rings. The van der Waals surface area contributed by atoms with Crippen molar-refractivity contribution in [1.82, 2.24) is 0 Å². The highest BCUT2D eigenvalue weighted by Gasteiger charge is 2.35. The molecule has 0 bridgehead atoms. The third kappa shape index (κ3) is 3.42. The highest BCUT2D eigenvalue weighted by atomic mass is 79.9. The van der Waals surface area contributed by atoms with Gasteiger partial charge in [-0.05, 0) is 35.4 Å². The minimum atomic E-state index is -3.83. The Labute approximate surface area is 105 Å². The summed E-state index contributed by atoms with van der Waals surface area (Å²) in [6.45, 7) is 0. The molecule has 0 spiro atoms. The SMILES string of the molecule is COc1ccc(Br)c(CC(=O)C(F)(F)Cl)c1. The zero-order valence-electron chi connectivity index (χ0n) is 8.27. The Morgan fingerprint density at radius 2 is 2.19 bits per heavy atom. The Balaban J connectivity index is 2.92. The van der Waals surface area contributed by atoms with Crippen LogP contribution in [0.4, 0.5) is 8.78 Å². The number of alkyl halides is 3. The van der Waals surface area contributed by atoms with E-state index >= 15 is 0 Å². The monoisotopic (exact) mass is 312 g/mol. The van der Waals surface area contributed by atoms with Gasteiger partial charge in [-0.3, -0.25) is 4.79 Å². The molecule has 0 aliphatic rings. The van der Waals surface area contributed by atoms with E-state index < -0.39 is 17.6 Å². The van der Waals surface area contributed by atoms with Crippen molar-refractivity contribution in [1.29, 1.82) is 0 Å². The summed E-state index contributed by atoms with van der Waals surface area (Å²) in [5.41, 5.74) is 0.407. The van der Waals surface area contributed by atoms with E-state index in [4.69, 9.17) is 4.74 Å². The lowest BCUT2D eigenvalue weighted by Gasteiger charge is -2.09. The van der Waals surface area contributed by atoms with Crippen molar-refractivity contribution in [3.8, 4) is 5.75 Å². The van der Waals surface area contributed by atoms with Gasteiger partial charge in [0, 0.05) is 10.9 Å². The topological polar surface area (TPSA) is 26.3 Å². The molecule has 0 aromatic heterocycles. The molecule has 16 heavy (non-hydrogen) atoms. The van der Waals surface area contributed by atoms with Crippen LogP contribution in [-0.2, 0) is 11.2 Å². The van der Waals surface area contributed by atoms with Gasteiger partial charge >= 0.3 is 5.38 Å². The molecule has 88 valence electrons. The van der Waals surface area contributed by atoms with Crippen LogP contribution in [0.15, 0.2) is 22.7 Å². The largest absolute Gasteiger partial charge is 0.497 e. The molecule has 0 atom stereocenters. The second-order valence-corrected chi connectivity index (χ2v) is 4.38. The molecular formula is C10H8BrClF2O2. The Morgan fingerprint density at radius 1 is 1.56 bits per heavy atom. The van der Waals surface area contributed by atoms with Crippen molar-refractivity contribution in [3.63, 3.8) is 0 Å². The molecule has 1 aromatic carbocycles. The lowest BCUT2D eigenvalue weighted by Crippen LogP contribution is -2.23. The van der Waals surface area contributed by atoms with Crippen molar-refractivity contribution in [2.24, 2.45) is 0 Å². The predicted octanol–water partition coefficient (Wildman–Crippen LogP) is 3.40. The van der Waals surface area contributed by atoms with Gasteiger partial charge in [-0.25, -0.2) is 0 Å². The predicted molar refractivity (Wildman–Crippen MR) is 60.2 cm³/mol. The van der Waals surface area contributed by atoms with E-state index in [0.29, 0.717) is 15.8 Å². The van der Waals surface area contributed by atoms with Crippen molar-refractivity contribution < 1.29 is 18.3 Å². The number of halogens is 4. The molecule has 0 amide bonds. The highest BCUT2D eigenvalue weighted by Crippen LogP contribution is 2.27. The number of carbonyl (C=O) groups is 1.